The van der Waals surface area contributed by atoms with Crippen molar-refractivity contribution >= 4 is 32.8 Å². The summed E-state index contributed by atoms with van der Waals surface area (Å²) in [7, 11) is 0. The van der Waals surface area contributed by atoms with Gasteiger partial charge in [0.25, 0.3) is 0 Å². The molecule has 2 N–H and O–H groups in total. The zero-order valence-corrected chi connectivity index (χ0v) is 13.3. The Labute approximate surface area is 136 Å². The van der Waals surface area contributed by atoms with Crippen molar-refractivity contribution in [3.8, 4) is 5.75 Å². The fourth-order valence-corrected chi connectivity index (χ4v) is 2.59. The topological polar surface area (TPSA) is 100.0 Å². The van der Waals surface area contributed by atoms with Crippen molar-refractivity contribution in [1.29, 1.82) is 0 Å². The van der Waals surface area contributed by atoms with Crippen LogP contribution in [-0.2, 0) is 6.42 Å². The van der Waals surface area contributed by atoms with Crippen molar-refractivity contribution < 1.29 is 18.1 Å². The van der Waals surface area contributed by atoms with E-state index in [0.29, 0.717) is 34.7 Å². The van der Waals surface area contributed by atoms with Gasteiger partial charge in [0.1, 0.15) is 4.60 Å². The zero-order valence-electron chi connectivity index (χ0n) is 11.8. The Morgan fingerprint density at radius 3 is 2.78 bits per heavy atom. The molecule has 3 aromatic heterocycles. The van der Waals surface area contributed by atoms with Crippen LogP contribution in [0.15, 0.2) is 21.4 Å². The Morgan fingerprint density at radius 2 is 2.09 bits per heavy atom. The van der Waals surface area contributed by atoms with Crippen LogP contribution in [0.2, 0.25) is 0 Å². The molecule has 0 spiro atoms. The Balaban J connectivity index is 1.94. The van der Waals surface area contributed by atoms with Gasteiger partial charge in [0.05, 0.1) is 5.69 Å². The Kier molecular flexibility index (Phi) is 4.07. The molecule has 3 rings (SSSR count). The lowest BCUT2D eigenvalue weighted by Gasteiger charge is -2.10. The third-order valence-corrected chi connectivity index (χ3v) is 3.78. The number of aryl methyl sites for hydroxylation is 1. The van der Waals surface area contributed by atoms with Crippen LogP contribution in [0.1, 0.15) is 17.0 Å². The van der Waals surface area contributed by atoms with Gasteiger partial charge in [-0.05, 0) is 45.3 Å². The van der Waals surface area contributed by atoms with E-state index < -0.39 is 6.61 Å². The summed E-state index contributed by atoms with van der Waals surface area (Å²) in [5, 5.41) is 7.37. The fraction of sp³-hybridized carbons (Fsp3) is 0.231. The second-order valence-corrected chi connectivity index (χ2v) is 5.42. The molecule has 3 heterocycles. The van der Waals surface area contributed by atoms with Gasteiger partial charge in [-0.1, -0.05) is 0 Å². The molecule has 0 amide bonds. The third kappa shape index (κ3) is 3.07. The third-order valence-electron chi connectivity index (χ3n) is 3.21. The Hall–Kier alpha value is -2.36. The number of ether oxygens (including phenoxy) is 1. The summed E-state index contributed by atoms with van der Waals surface area (Å²) in [5.41, 5.74) is 9.18. The highest BCUT2D eigenvalue weighted by Crippen LogP contribution is 2.28. The van der Waals surface area contributed by atoms with E-state index in [-0.39, 0.29) is 10.4 Å². The minimum atomic E-state index is -2.91. The number of alkyl halides is 2. The smallest absolute Gasteiger partial charge is 0.387 e. The van der Waals surface area contributed by atoms with Gasteiger partial charge in [0, 0.05) is 23.4 Å². The van der Waals surface area contributed by atoms with Crippen LogP contribution < -0.4 is 10.5 Å². The standard InChI is InChI=1S/C13H10BrF2N5O2/c1-5-7(9(17)10-12(18-5)21-23-20-10)4-6-2-3-8(11(14)19-6)22-13(15)16/h2-3,13H,4,17H2,1H3. The maximum Gasteiger partial charge on any atom is 0.387 e. The van der Waals surface area contributed by atoms with Gasteiger partial charge in [0.15, 0.2) is 11.3 Å². The molecule has 23 heavy (non-hydrogen) atoms. The first kappa shape index (κ1) is 15.5. The van der Waals surface area contributed by atoms with Crippen molar-refractivity contribution in [2.24, 2.45) is 0 Å². The molecule has 10 heteroatoms. The molecule has 0 aromatic carbocycles. The van der Waals surface area contributed by atoms with Crippen molar-refractivity contribution in [2.75, 3.05) is 5.73 Å². The van der Waals surface area contributed by atoms with Crippen LogP contribution in [0.3, 0.4) is 0 Å². The van der Waals surface area contributed by atoms with E-state index in [0.717, 1.165) is 5.56 Å². The molecule has 0 fully saturated rings. The van der Waals surface area contributed by atoms with Crippen LogP contribution in [0.25, 0.3) is 11.2 Å². The molecular formula is C13H10BrF2N5O2. The number of nitrogens with two attached hydrogens (primary N) is 1. The molecule has 0 saturated heterocycles. The quantitative estimate of drug-likeness (QED) is 0.689. The molecule has 0 radical (unpaired) electrons. The number of hydrogen-bond acceptors (Lipinski definition) is 7. The minimum Gasteiger partial charge on any atom is -0.432 e. The van der Waals surface area contributed by atoms with Crippen LogP contribution in [0, 0.1) is 6.92 Å². The number of hydrogen-bond donors (Lipinski definition) is 1. The predicted octanol–water partition coefficient (Wildman–Crippen LogP) is 2.86. The molecule has 120 valence electrons. The summed E-state index contributed by atoms with van der Waals surface area (Å²) < 4.78 is 33.7. The van der Waals surface area contributed by atoms with Gasteiger partial charge in [-0.2, -0.15) is 8.78 Å². The van der Waals surface area contributed by atoms with Crippen LogP contribution in [0.4, 0.5) is 14.5 Å². The highest BCUT2D eigenvalue weighted by molar-refractivity contribution is 9.10. The first-order valence-electron chi connectivity index (χ1n) is 6.43. The molecule has 3 aromatic rings. The number of rotatable bonds is 4. The van der Waals surface area contributed by atoms with Crippen molar-refractivity contribution in [3.05, 3.63) is 33.7 Å². The maximum atomic E-state index is 12.3. The number of pyridine rings is 2. The number of fused-ring (bicyclic) bond motifs is 1. The van der Waals surface area contributed by atoms with Crippen LogP contribution in [-0.4, -0.2) is 26.9 Å². The first-order valence-corrected chi connectivity index (χ1v) is 7.22. The largest absolute Gasteiger partial charge is 0.432 e. The number of anilines is 1. The van der Waals surface area contributed by atoms with Gasteiger partial charge in [0.2, 0.25) is 5.65 Å². The Bertz CT molecular complexity index is 871. The average molecular weight is 386 g/mol. The molecule has 0 aliphatic carbocycles. The lowest BCUT2D eigenvalue weighted by Crippen LogP contribution is -2.06. The van der Waals surface area contributed by atoms with E-state index in [4.69, 9.17) is 5.73 Å². The average Bonchev–Trinajstić information content (AvgIpc) is 2.94. The summed E-state index contributed by atoms with van der Waals surface area (Å²) in [4.78, 5) is 8.45. The maximum absolute atomic E-state index is 12.3. The highest BCUT2D eigenvalue weighted by atomic mass is 79.9. The highest BCUT2D eigenvalue weighted by Gasteiger charge is 2.16. The monoisotopic (exact) mass is 385 g/mol. The van der Waals surface area contributed by atoms with Gasteiger partial charge in [-0.3, -0.25) is 0 Å². The van der Waals surface area contributed by atoms with E-state index in [2.05, 4.69) is 45.6 Å². The SMILES string of the molecule is Cc1nc2nonc2c(N)c1Cc1ccc(OC(F)F)c(Br)n1. The molecule has 0 bridgehead atoms. The molecule has 0 saturated carbocycles. The first-order chi connectivity index (χ1) is 11.0. The number of nitrogen functional groups attached to an aromatic ring is 1. The second-order valence-electron chi connectivity index (χ2n) is 4.67. The number of aromatic nitrogens is 4. The molecular weight excluding hydrogens is 376 g/mol. The number of nitrogens with zero attached hydrogens (tertiary/aromatic N) is 4. The molecule has 0 aliphatic heterocycles. The summed E-state index contributed by atoms with van der Waals surface area (Å²) >= 11 is 3.11. The summed E-state index contributed by atoms with van der Waals surface area (Å²) in [6.07, 6.45) is 0.348. The van der Waals surface area contributed by atoms with Gasteiger partial charge in [-0.15, -0.1) is 0 Å². The lowest BCUT2D eigenvalue weighted by molar-refractivity contribution is -0.0506. The minimum absolute atomic E-state index is 0.0391. The van der Waals surface area contributed by atoms with E-state index in [1.165, 1.54) is 6.07 Å². The van der Waals surface area contributed by atoms with Crippen LogP contribution >= 0.6 is 15.9 Å². The van der Waals surface area contributed by atoms with Crippen molar-refractivity contribution in [2.45, 2.75) is 20.0 Å². The van der Waals surface area contributed by atoms with Gasteiger partial charge >= 0.3 is 6.61 Å². The molecule has 0 atom stereocenters. The molecule has 0 aliphatic rings. The van der Waals surface area contributed by atoms with E-state index >= 15 is 0 Å². The Morgan fingerprint density at radius 1 is 1.30 bits per heavy atom. The lowest BCUT2D eigenvalue weighted by atomic mass is 10.1. The van der Waals surface area contributed by atoms with Gasteiger partial charge < -0.3 is 10.5 Å². The normalized spacial score (nSPS) is 11.3. The molecule has 7 nitrogen and oxygen atoms in total. The summed E-state index contributed by atoms with van der Waals surface area (Å²) in [6.45, 7) is -1.13. The van der Waals surface area contributed by atoms with Gasteiger partial charge in [-0.25, -0.2) is 14.6 Å². The fourth-order valence-electron chi connectivity index (χ4n) is 2.14. The summed E-state index contributed by atoms with van der Waals surface area (Å²) in [5.74, 6) is -0.0391. The zero-order chi connectivity index (χ0) is 16.6. The van der Waals surface area contributed by atoms with Crippen molar-refractivity contribution in [1.82, 2.24) is 20.3 Å². The summed E-state index contributed by atoms with van der Waals surface area (Å²) in [6, 6.07) is 2.99. The number of halogens is 3. The van der Waals surface area contributed by atoms with E-state index in [9.17, 15) is 8.78 Å². The predicted molar refractivity (Wildman–Crippen MR) is 80.1 cm³/mol. The van der Waals surface area contributed by atoms with E-state index in [1.807, 2.05) is 0 Å². The van der Waals surface area contributed by atoms with E-state index in [1.54, 1.807) is 13.0 Å². The second kappa shape index (κ2) is 6.03. The molecule has 0 unspecified atom stereocenters. The van der Waals surface area contributed by atoms with Crippen LogP contribution in [0.5, 0.6) is 5.75 Å². The van der Waals surface area contributed by atoms with Crippen molar-refractivity contribution in [3.63, 3.8) is 0 Å².